The summed E-state index contributed by atoms with van der Waals surface area (Å²) in [6.07, 6.45) is 0. The van der Waals surface area contributed by atoms with E-state index in [1.54, 1.807) is 6.92 Å². The zero-order valence-corrected chi connectivity index (χ0v) is 10.2. The fraction of sp³-hybridized carbons (Fsp3) is 0.778. The molecule has 0 bridgehead atoms. The number of rotatable bonds is 6. The van der Waals surface area contributed by atoms with Gasteiger partial charge in [-0.3, -0.25) is 9.59 Å². The largest absolute Gasteiger partial charge is 0.357 e. The highest BCUT2D eigenvalue weighted by molar-refractivity contribution is 7.80. The van der Waals surface area contributed by atoms with E-state index in [1.165, 1.54) is 7.05 Å². The number of nitrogens with one attached hydrogen (secondary N) is 3. The maximum atomic E-state index is 11.6. The molecule has 0 rings (SSSR count). The summed E-state index contributed by atoms with van der Waals surface area (Å²) in [5.41, 5.74) is 0. The van der Waals surface area contributed by atoms with E-state index in [0.717, 1.165) is 0 Å². The monoisotopic (exact) mass is 233 g/mol. The van der Waals surface area contributed by atoms with Crippen molar-refractivity contribution in [3.05, 3.63) is 0 Å². The van der Waals surface area contributed by atoms with Gasteiger partial charge in [0.05, 0.1) is 6.04 Å². The number of hydrogen-bond acceptors (Lipinski definition) is 4. The summed E-state index contributed by atoms with van der Waals surface area (Å²) < 4.78 is 0. The van der Waals surface area contributed by atoms with E-state index in [0.29, 0.717) is 12.3 Å². The van der Waals surface area contributed by atoms with Gasteiger partial charge in [-0.05, 0) is 13.5 Å². The van der Waals surface area contributed by atoms with Crippen LogP contribution < -0.4 is 16.0 Å². The number of carbonyl (C=O) groups is 2. The minimum Gasteiger partial charge on any atom is -0.357 e. The summed E-state index contributed by atoms with van der Waals surface area (Å²) in [7, 11) is 1.53. The van der Waals surface area contributed by atoms with Crippen LogP contribution in [-0.4, -0.2) is 43.2 Å². The Morgan fingerprint density at radius 3 is 2.33 bits per heavy atom. The predicted molar refractivity (Wildman–Crippen MR) is 63.0 cm³/mol. The Labute approximate surface area is 95.8 Å². The molecular formula is C9H19N3O2S. The Morgan fingerprint density at radius 1 is 1.33 bits per heavy atom. The number of carbonyl (C=O) groups excluding carboxylic acids is 2. The topological polar surface area (TPSA) is 70.2 Å². The fourth-order valence-corrected chi connectivity index (χ4v) is 1.38. The van der Waals surface area contributed by atoms with Crippen LogP contribution in [-0.2, 0) is 9.59 Å². The number of likely N-dealkylation sites (N-methyl/N-ethyl adjacent to an activating group) is 2. The molecule has 5 nitrogen and oxygen atoms in total. The highest BCUT2D eigenvalue weighted by Gasteiger charge is 2.20. The number of thiol groups is 1. The molecule has 88 valence electrons. The molecule has 0 aromatic rings. The maximum absolute atomic E-state index is 11.6. The molecule has 0 heterocycles. The molecule has 0 saturated heterocycles. The van der Waals surface area contributed by atoms with Crippen molar-refractivity contribution in [2.24, 2.45) is 0 Å². The zero-order valence-electron chi connectivity index (χ0n) is 9.33. The second-order valence-electron chi connectivity index (χ2n) is 3.14. The van der Waals surface area contributed by atoms with Gasteiger partial charge in [-0.1, -0.05) is 6.92 Å². The van der Waals surface area contributed by atoms with E-state index in [-0.39, 0.29) is 17.9 Å². The van der Waals surface area contributed by atoms with Crippen molar-refractivity contribution in [3.8, 4) is 0 Å². The molecule has 0 spiro atoms. The lowest BCUT2D eigenvalue weighted by Gasteiger charge is -2.18. The third-order valence-electron chi connectivity index (χ3n) is 1.95. The van der Waals surface area contributed by atoms with Crippen LogP contribution in [0.2, 0.25) is 0 Å². The quantitative estimate of drug-likeness (QED) is 0.452. The highest BCUT2D eigenvalue weighted by atomic mass is 32.1. The van der Waals surface area contributed by atoms with E-state index in [1.807, 2.05) is 6.92 Å². The minimum absolute atomic E-state index is 0.206. The number of amides is 2. The summed E-state index contributed by atoms with van der Waals surface area (Å²) in [5.74, 6) is -0.0131. The Bertz CT molecular complexity index is 223. The lowest BCUT2D eigenvalue weighted by molar-refractivity contribution is -0.129. The zero-order chi connectivity index (χ0) is 11.8. The van der Waals surface area contributed by atoms with Crippen molar-refractivity contribution in [2.75, 3.05) is 19.3 Å². The summed E-state index contributed by atoms with van der Waals surface area (Å²) in [5, 5.41) is 8.04. The molecule has 3 N–H and O–H groups in total. The van der Waals surface area contributed by atoms with Crippen LogP contribution in [0.3, 0.4) is 0 Å². The van der Waals surface area contributed by atoms with Crippen LogP contribution in [0.1, 0.15) is 13.8 Å². The van der Waals surface area contributed by atoms with Gasteiger partial charge < -0.3 is 16.0 Å². The molecule has 2 atom stereocenters. The van der Waals surface area contributed by atoms with Crippen molar-refractivity contribution >= 4 is 24.4 Å². The van der Waals surface area contributed by atoms with Crippen molar-refractivity contribution in [1.82, 2.24) is 16.0 Å². The molecule has 0 radical (unpaired) electrons. The van der Waals surface area contributed by atoms with Gasteiger partial charge in [0, 0.05) is 12.8 Å². The SMILES string of the molecule is CCN[C@@H](CS)C(=O)N[C@@H](C)C(=O)NC. The average molecular weight is 233 g/mol. The van der Waals surface area contributed by atoms with E-state index >= 15 is 0 Å². The summed E-state index contributed by atoms with van der Waals surface area (Å²) in [6.45, 7) is 4.23. The smallest absolute Gasteiger partial charge is 0.242 e. The standard InChI is InChI=1S/C9H19N3O2S/c1-4-11-7(5-15)9(14)12-6(2)8(13)10-3/h6-7,11,15H,4-5H2,1-3H3,(H,10,13)(H,12,14)/t6-,7-/m0/s1. The molecule has 0 aromatic heterocycles. The van der Waals surface area contributed by atoms with Crippen molar-refractivity contribution in [3.63, 3.8) is 0 Å². The molecule has 0 saturated carbocycles. The van der Waals surface area contributed by atoms with E-state index in [4.69, 9.17) is 0 Å². The highest BCUT2D eigenvalue weighted by Crippen LogP contribution is 1.90. The molecule has 0 aliphatic heterocycles. The van der Waals surface area contributed by atoms with Gasteiger partial charge in [-0.2, -0.15) is 12.6 Å². The van der Waals surface area contributed by atoms with Gasteiger partial charge in [0.25, 0.3) is 0 Å². The first-order valence-corrected chi connectivity index (χ1v) is 5.56. The molecule has 0 unspecified atom stereocenters. The summed E-state index contributed by atoms with van der Waals surface area (Å²) >= 11 is 4.06. The summed E-state index contributed by atoms with van der Waals surface area (Å²) in [6, 6.07) is -0.881. The third kappa shape index (κ3) is 5.03. The van der Waals surface area contributed by atoms with E-state index in [2.05, 4.69) is 28.6 Å². The van der Waals surface area contributed by atoms with Gasteiger partial charge in [0.1, 0.15) is 6.04 Å². The van der Waals surface area contributed by atoms with Crippen molar-refractivity contribution in [1.29, 1.82) is 0 Å². The Morgan fingerprint density at radius 2 is 1.93 bits per heavy atom. The van der Waals surface area contributed by atoms with E-state index in [9.17, 15) is 9.59 Å². The lowest BCUT2D eigenvalue weighted by atomic mass is 10.2. The van der Waals surface area contributed by atoms with Crippen LogP contribution in [0, 0.1) is 0 Å². The Balaban J connectivity index is 4.15. The molecule has 0 aromatic carbocycles. The lowest BCUT2D eigenvalue weighted by Crippen LogP contribution is -2.51. The van der Waals surface area contributed by atoms with E-state index < -0.39 is 6.04 Å². The molecule has 6 heteroatoms. The van der Waals surface area contributed by atoms with Crippen molar-refractivity contribution < 1.29 is 9.59 Å². The first-order valence-electron chi connectivity index (χ1n) is 4.93. The second kappa shape index (κ2) is 7.53. The first-order chi connectivity index (χ1) is 7.06. The van der Waals surface area contributed by atoms with Crippen LogP contribution in [0.15, 0.2) is 0 Å². The Kier molecular flexibility index (Phi) is 7.15. The molecule has 0 fully saturated rings. The van der Waals surface area contributed by atoms with Crippen LogP contribution in [0.5, 0.6) is 0 Å². The van der Waals surface area contributed by atoms with Crippen molar-refractivity contribution in [2.45, 2.75) is 25.9 Å². The third-order valence-corrected chi connectivity index (χ3v) is 2.31. The van der Waals surface area contributed by atoms with Crippen LogP contribution >= 0.6 is 12.6 Å². The molecule has 0 aliphatic rings. The maximum Gasteiger partial charge on any atom is 0.242 e. The van der Waals surface area contributed by atoms with Gasteiger partial charge in [0.15, 0.2) is 0 Å². The van der Waals surface area contributed by atoms with Gasteiger partial charge in [-0.15, -0.1) is 0 Å². The molecule has 15 heavy (non-hydrogen) atoms. The second-order valence-corrected chi connectivity index (χ2v) is 3.50. The van der Waals surface area contributed by atoms with Gasteiger partial charge in [0.2, 0.25) is 11.8 Å². The minimum atomic E-state index is -0.525. The van der Waals surface area contributed by atoms with Gasteiger partial charge >= 0.3 is 0 Å². The molecule has 2 amide bonds. The first kappa shape index (κ1) is 14.2. The van der Waals surface area contributed by atoms with Crippen LogP contribution in [0.4, 0.5) is 0 Å². The van der Waals surface area contributed by atoms with Gasteiger partial charge in [-0.25, -0.2) is 0 Å². The average Bonchev–Trinajstić information content (AvgIpc) is 2.24. The van der Waals surface area contributed by atoms with Crippen LogP contribution in [0.25, 0.3) is 0 Å². The Hall–Kier alpha value is -0.750. The summed E-state index contributed by atoms with van der Waals surface area (Å²) in [4.78, 5) is 22.7. The number of hydrogen-bond donors (Lipinski definition) is 4. The molecule has 0 aliphatic carbocycles. The molecular weight excluding hydrogens is 214 g/mol. The normalized spacial score (nSPS) is 14.1. The predicted octanol–water partition coefficient (Wildman–Crippen LogP) is -0.855. The fourth-order valence-electron chi connectivity index (χ4n) is 1.08.